The molecule has 1 saturated heterocycles. The van der Waals surface area contributed by atoms with Crippen LogP contribution in [-0.4, -0.2) is 37.4 Å². The summed E-state index contributed by atoms with van der Waals surface area (Å²) < 4.78 is 135. The minimum Gasteiger partial charge on any atom is -0.454 e. The lowest BCUT2D eigenvalue weighted by Gasteiger charge is -2.35. The highest BCUT2D eigenvalue weighted by atomic mass is 16.7. The molecule has 0 saturated carbocycles. The molecule has 0 N–H and O–H groups in total. The first-order chi connectivity index (χ1) is 21.0. The van der Waals surface area contributed by atoms with Crippen LogP contribution in [-0.2, 0) is 11.1 Å². The van der Waals surface area contributed by atoms with E-state index in [9.17, 15) is 0 Å². The summed E-state index contributed by atoms with van der Waals surface area (Å²) in [5.74, 6) is 0.694. The van der Waals surface area contributed by atoms with Crippen molar-refractivity contribution in [3.63, 3.8) is 0 Å². The van der Waals surface area contributed by atoms with Crippen LogP contribution in [0.2, 0.25) is 0 Å². The van der Waals surface area contributed by atoms with E-state index in [4.69, 9.17) is 33.4 Å². The van der Waals surface area contributed by atoms with Crippen molar-refractivity contribution in [2.24, 2.45) is 0 Å². The lowest BCUT2D eigenvalue weighted by atomic mass is 10.00. The molecule has 4 heteroatoms. The smallest absolute Gasteiger partial charge is 0.231 e. The molecule has 160 valence electrons. The highest BCUT2D eigenvalue weighted by molar-refractivity contribution is 5.44. The van der Waals surface area contributed by atoms with Crippen LogP contribution in [0.15, 0.2) is 78.6 Å². The van der Waals surface area contributed by atoms with Crippen molar-refractivity contribution in [2.45, 2.75) is 31.4 Å². The molecule has 2 heterocycles. The van der Waals surface area contributed by atoms with Crippen molar-refractivity contribution in [1.29, 1.82) is 0 Å². The Kier molecular flexibility index (Phi) is 3.01. The second-order valence-electron chi connectivity index (χ2n) is 7.11. The van der Waals surface area contributed by atoms with Crippen molar-refractivity contribution in [2.75, 3.05) is 26.4 Å². The van der Waals surface area contributed by atoms with E-state index >= 15 is 0 Å². The number of hydrogen-bond acceptors (Lipinski definition) is 4. The Balaban J connectivity index is 1.55. The maximum absolute atomic E-state index is 8.88. The van der Waals surface area contributed by atoms with Gasteiger partial charge in [-0.05, 0) is 54.6 Å². The average molecular weight is 430 g/mol. The highest BCUT2D eigenvalue weighted by Crippen LogP contribution is 2.33. The van der Waals surface area contributed by atoms with Crippen LogP contribution >= 0.6 is 0 Å². The van der Waals surface area contributed by atoms with Crippen LogP contribution in [0.5, 0.6) is 11.5 Å². The zero-order valence-corrected chi connectivity index (χ0v) is 16.6. The lowest BCUT2D eigenvalue weighted by Crippen LogP contribution is -2.41. The monoisotopic (exact) mass is 429 g/mol. The van der Waals surface area contributed by atoms with Crippen LogP contribution in [0, 0.1) is 0 Å². The molecule has 3 aromatic carbocycles. The van der Waals surface area contributed by atoms with Crippen molar-refractivity contribution in [3.8, 4) is 11.5 Å². The Bertz CT molecular complexity index is 1540. The molecule has 4 nitrogen and oxygen atoms in total. The molecule has 0 amide bonds. The van der Waals surface area contributed by atoms with Gasteiger partial charge in [0.1, 0.15) is 6.10 Å². The second-order valence-corrected chi connectivity index (χ2v) is 7.11. The molecular weight excluding hydrogens is 386 g/mol. The third-order valence-electron chi connectivity index (χ3n) is 5.00. The second kappa shape index (κ2) is 9.54. The van der Waals surface area contributed by atoms with Gasteiger partial charge in [0.2, 0.25) is 6.79 Å². The summed E-state index contributed by atoms with van der Waals surface area (Å²) in [7, 11) is 0. The molecule has 1 atom stereocenters. The largest absolute Gasteiger partial charge is 0.454 e. The molecule has 0 aromatic heterocycles. The van der Waals surface area contributed by atoms with Crippen molar-refractivity contribution in [1.82, 2.24) is 4.90 Å². The first-order valence-electron chi connectivity index (χ1n) is 16.9. The molecule has 0 aliphatic carbocycles. The topological polar surface area (TPSA) is 30.9 Å². The molecule has 0 unspecified atom stereocenters. The van der Waals surface area contributed by atoms with Crippen LogP contribution < -0.4 is 9.47 Å². The van der Waals surface area contributed by atoms with E-state index in [1.165, 1.54) is 23.1 Å². The summed E-state index contributed by atoms with van der Waals surface area (Å²) >= 11 is 0. The molecule has 0 radical (unpaired) electrons. The van der Waals surface area contributed by atoms with Crippen LogP contribution in [0.1, 0.15) is 54.8 Å². The zero-order chi connectivity index (χ0) is 33.2. The van der Waals surface area contributed by atoms with Gasteiger partial charge in [-0.3, -0.25) is 0 Å². The van der Waals surface area contributed by atoms with E-state index in [0.717, 1.165) is 0 Å². The van der Waals surface area contributed by atoms with Gasteiger partial charge in [-0.25, -0.2) is 0 Å². The van der Waals surface area contributed by atoms with Gasteiger partial charge in [0.05, 0.1) is 19.8 Å². The third-order valence-corrected chi connectivity index (χ3v) is 5.00. The van der Waals surface area contributed by atoms with Gasteiger partial charge in [0.15, 0.2) is 11.5 Å². The number of ether oxygens (including phenoxy) is 3. The van der Waals surface area contributed by atoms with E-state index in [-0.39, 0.29) is 37.6 Å². The van der Waals surface area contributed by atoms with Gasteiger partial charge < -0.3 is 19.1 Å². The Labute approximate surface area is 204 Å². The first-order valence-corrected chi connectivity index (χ1v) is 9.94. The molecule has 2 aliphatic heterocycles. The summed E-state index contributed by atoms with van der Waals surface area (Å²) in [5.41, 5.74) is -0.860. The summed E-state index contributed by atoms with van der Waals surface area (Å²) in [4.78, 5) is 1.24. The Morgan fingerprint density at radius 1 is 1.00 bits per heavy atom. The predicted molar refractivity (Wildman–Crippen MR) is 122 cm³/mol. The maximum atomic E-state index is 8.88. The van der Waals surface area contributed by atoms with E-state index in [0.29, 0.717) is 12.2 Å². The van der Waals surface area contributed by atoms with E-state index in [1.54, 1.807) is 0 Å². The highest BCUT2D eigenvalue weighted by Gasteiger charge is 2.25. The van der Waals surface area contributed by atoms with Crippen molar-refractivity contribution in [3.05, 3.63) is 95.3 Å². The van der Waals surface area contributed by atoms with Crippen LogP contribution in [0.4, 0.5) is 0 Å². The number of benzene rings is 3. The first kappa shape index (κ1) is 9.76. The number of fused-ring (bicyclic) bond motifs is 1. The summed E-state index contributed by atoms with van der Waals surface area (Å²) in [5, 5.41) is 0. The predicted octanol–water partition coefficient (Wildman–Crippen LogP) is 5.23. The minimum atomic E-state index is -2.61. The summed E-state index contributed by atoms with van der Waals surface area (Å²) in [6, 6.07) is -2.61. The van der Waals surface area contributed by atoms with Gasteiger partial charge in [-0.2, -0.15) is 0 Å². The van der Waals surface area contributed by atoms with Gasteiger partial charge in [-0.15, -0.1) is 0 Å². The lowest BCUT2D eigenvalue weighted by molar-refractivity contribution is -0.0330. The van der Waals surface area contributed by atoms with Gasteiger partial charge in [-0.1, -0.05) is 66.5 Å². The van der Waals surface area contributed by atoms with E-state index in [1.807, 2.05) is 0 Å². The van der Waals surface area contributed by atoms with E-state index < -0.39 is 96.6 Å². The zero-order valence-electron chi connectivity index (χ0n) is 30.6. The Morgan fingerprint density at radius 3 is 2.45 bits per heavy atom. The van der Waals surface area contributed by atoms with Crippen LogP contribution in [0.25, 0.3) is 0 Å². The number of hydrogen-bond donors (Lipinski definition) is 0. The fourth-order valence-electron chi connectivity index (χ4n) is 3.52. The molecule has 5 rings (SSSR count). The third kappa shape index (κ3) is 4.92. The molecule has 2 aliphatic rings. The van der Waals surface area contributed by atoms with Gasteiger partial charge in [0, 0.05) is 18.5 Å². The Morgan fingerprint density at radius 2 is 1.71 bits per heavy atom. The molecule has 0 spiro atoms. The van der Waals surface area contributed by atoms with Crippen molar-refractivity contribution >= 4 is 0 Å². The number of nitrogens with zero attached hydrogens (tertiary/aromatic N) is 1. The van der Waals surface area contributed by atoms with Gasteiger partial charge in [0.25, 0.3) is 0 Å². The number of likely N-dealkylation sites (tertiary alicyclic amines) is 1. The van der Waals surface area contributed by atoms with Crippen LogP contribution in [0.3, 0.4) is 0 Å². The molecule has 3 aromatic rings. The number of rotatable bonds is 7. The molecular formula is C27H29NO3. The Hall–Kier alpha value is -2.82. The number of aryl methyl sites for hydroxylation is 1. The molecule has 0 bridgehead atoms. The minimum absolute atomic E-state index is 0.0101. The normalized spacial score (nSPS) is 25.8. The summed E-state index contributed by atoms with van der Waals surface area (Å²) in [6.45, 7) is -2.73. The quantitative estimate of drug-likeness (QED) is 0.515. The summed E-state index contributed by atoms with van der Waals surface area (Å²) in [6.07, 6.45) is -4.66. The van der Waals surface area contributed by atoms with Crippen molar-refractivity contribution < 1.29 is 33.4 Å². The SMILES string of the molecule is [2H]c1c([2H])c([2H])c(C(O[C@@H]2CCCN(C([2H])([2H])C([2H])([2H])c3ccc4c(c3)OCO4)C2)c2c([2H])c([2H])c([2H])c([2H])c2[2H])c([2H])c1[2H]. The standard InChI is InChI=1S/C27H29NO3/c1-3-8-22(9-4-1)27(23-10-5-2-6-11-23)31-24-12-7-16-28(19-24)17-15-21-13-14-25-26(18-21)30-20-29-25/h1-6,8-11,13-14,18,24,27H,7,12,15-17,19-20H2/t24-/m1/s1/i1D,2D,3D,4D,5D,6D,8D,9D,10D,11D,15D2,17D2. The maximum Gasteiger partial charge on any atom is 0.231 e. The number of piperidine rings is 1. The fourth-order valence-corrected chi connectivity index (χ4v) is 3.52. The molecule has 1 fully saturated rings. The van der Waals surface area contributed by atoms with Gasteiger partial charge >= 0.3 is 0 Å². The van der Waals surface area contributed by atoms with E-state index in [2.05, 4.69) is 0 Å². The average Bonchev–Trinajstić information content (AvgIpc) is 3.49. The fraction of sp³-hybridized carbons (Fsp3) is 0.333. The molecule has 31 heavy (non-hydrogen) atoms.